The Balaban J connectivity index is 1.48. The summed E-state index contributed by atoms with van der Waals surface area (Å²) < 4.78 is 0. The maximum atomic E-state index is 13.6. The molecule has 3 aromatic carbocycles. The number of halogens is 1. The molecule has 0 N–H and O–H groups in total. The highest BCUT2D eigenvalue weighted by molar-refractivity contribution is 6.35. The van der Waals surface area contributed by atoms with Crippen LogP contribution in [0.25, 0.3) is 5.57 Å². The Kier molecular flexibility index (Phi) is 5.77. The standard InChI is InChI=1S/C28H25ClN2O2/c1-19-6-10-22(11-7-19)25-26(30-16-15-21-4-2-3-5-23(21)18-30)28(33)31(27(25)32)17-14-20-8-12-24(29)13-9-20/h2-13H,14-18H2,1H3. The number of benzene rings is 3. The zero-order valence-corrected chi connectivity index (χ0v) is 19.3. The van der Waals surface area contributed by atoms with E-state index >= 15 is 0 Å². The molecule has 0 spiro atoms. The number of nitrogens with zero attached hydrogens (tertiary/aromatic N) is 2. The van der Waals surface area contributed by atoms with Crippen LogP contribution in [0.2, 0.25) is 5.02 Å². The van der Waals surface area contributed by atoms with Gasteiger partial charge in [-0.05, 0) is 54.2 Å². The lowest BCUT2D eigenvalue weighted by molar-refractivity contribution is -0.137. The number of carbonyl (C=O) groups excluding carboxylic acids is 2. The van der Waals surface area contributed by atoms with Crippen LogP contribution in [0.15, 0.2) is 78.5 Å². The van der Waals surface area contributed by atoms with E-state index in [-0.39, 0.29) is 11.8 Å². The molecule has 0 radical (unpaired) electrons. The molecule has 0 aliphatic carbocycles. The predicted molar refractivity (Wildman–Crippen MR) is 131 cm³/mol. The summed E-state index contributed by atoms with van der Waals surface area (Å²) in [6.45, 7) is 3.69. The summed E-state index contributed by atoms with van der Waals surface area (Å²) in [7, 11) is 0. The molecule has 0 saturated carbocycles. The third-order valence-corrected chi connectivity index (χ3v) is 6.72. The second-order valence-corrected chi connectivity index (χ2v) is 9.10. The quantitative estimate of drug-likeness (QED) is 0.505. The number of hydrogen-bond acceptors (Lipinski definition) is 3. The Hall–Kier alpha value is -3.37. The number of aryl methyl sites for hydroxylation is 1. The summed E-state index contributed by atoms with van der Waals surface area (Å²) in [5.74, 6) is -0.421. The fourth-order valence-electron chi connectivity index (χ4n) is 4.62. The van der Waals surface area contributed by atoms with Gasteiger partial charge in [-0.3, -0.25) is 14.5 Å². The molecule has 5 heteroatoms. The van der Waals surface area contributed by atoms with Crippen LogP contribution in [0.4, 0.5) is 0 Å². The maximum Gasteiger partial charge on any atom is 0.277 e. The highest BCUT2D eigenvalue weighted by atomic mass is 35.5. The van der Waals surface area contributed by atoms with Gasteiger partial charge in [-0.1, -0.05) is 77.8 Å². The lowest BCUT2D eigenvalue weighted by atomic mass is 9.97. The van der Waals surface area contributed by atoms with Crippen LogP contribution in [0.3, 0.4) is 0 Å². The molecular formula is C28H25ClN2O2. The second-order valence-electron chi connectivity index (χ2n) is 8.67. The van der Waals surface area contributed by atoms with Gasteiger partial charge in [-0.15, -0.1) is 0 Å². The van der Waals surface area contributed by atoms with Crippen molar-refractivity contribution in [1.29, 1.82) is 0 Å². The van der Waals surface area contributed by atoms with E-state index in [2.05, 4.69) is 17.0 Å². The number of rotatable bonds is 5. The zero-order valence-electron chi connectivity index (χ0n) is 18.6. The van der Waals surface area contributed by atoms with Crippen LogP contribution in [-0.2, 0) is 29.0 Å². The van der Waals surface area contributed by atoms with E-state index in [1.54, 1.807) is 0 Å². The van der Waals surface area contributed by atoms with Crippen molar-refractivity contribution in [3.63, 3.8) is 0 Å². The van der Waals surface area contributed by atoms with Crippen LogP contribution in [0.5, 0.6) is 0 Å². The van der Waals surface area contributed by atoms with E-state index in [0.717, 1.165) is 23.1 Å². The normalized spacial score (nSPS) is 15.9. The highest BCUT2D eigenvalue weighted by Gasteiger charge is 2.41. The van der Waals surface area contributed by atoms with E-state index in [1.165, 1.54) is 16.0 Å². The fraction of sp³-hybridized carbons (Fsp3) is 0.214. The molecule has 0 fully saturated rings. The first-order valence-electron chi connectivity index (χ1n) is 11.2. The lowest BCUT2D eigenvalue weighted by Crippen LogP contribution is -2.38. The van der Waals surface area contributed by atoms with Crippen molar-refractivity contribution >= 4 is 29.0 Å². The largest absolute Gasteiger partial charge is 0.362 e. The lowest BCUT2D eigenvalue weighted by Gasteiger charge is -2.31. The first-order chi connectivity index (χ1) is 16.0. The van der Waals surface area contributed by atoms with Crippen LogP contribution in [0.1, 0.15) is 27.8 Å². The van der Waals surface area contributed by atoms with Gasteiger partial charge in [0.2, 0.25) is 0 Å². The highest BCUT2D eigenvalue weighted by Crippen LogP contribution is 2.34. The molecule has 0 aromatic heterocycles. The molecule has 2 amide bonds. The summed E-state index contributed by atoms with van der Waals surface area (Å²) in [6.07, 6.45) is 1.44. The molecule has 3 aromatic rings. The minimum absolute atomic E-state index is 0.205. The summed E-state index contributed by atoms with van der Waals surface area (Å²) >= 11 is 5.99. The Labute approximate surface area is 199 Å². The molecule has 4 nitrogen and oxygen atoms in total. The molecular weight excluding hydrogens is 432 g/mol. The average molecular weight is 457 g/mol. The van der Waals surface area contributed by atoms with Crippen LogP contribution in [0, 0.1) is 6.92 Å². The first-order valence-corrected chi connectivity index (χ1v) is 11.6. The molecule has 0 unspecified atom stereocenters. The molecule has 2 aliphatic rings. The number of carbonyl (C=O) groups is 2. The van der Waals surface area contributed by atoms with Crippen LogP contribution in [-0.4, -0.2) is 34.7 Å². The third-order valence-electron chi connectivity index (χ3n) is 6.47. The molecule has 0 atom stereocenters. The van der Waals surface area contributed by atoms with Gasteiger partial charge in [0.15, 0.2) is 0 Å². The number of imide groups is 1. The van der Waals surface area contributed by atoms with Crippen LogP contribution < -0.4 is 0 Å². The van der Waals surface area contributed by atoms with Gasteiger partial charge >= 0.3 is 0 Å². The maximum absolute atomic E-state index is 13.6. The van der Waals surface area contributed by atoms with Crippen molar-refractivity contribution < 1.29 is 9.59 Å². The Morgan fingerprint density at radius 3 is 2.27 bits per heavy atom. The van der Waals surface area contributed by atoms with Gasteiger partial charge in [-0.25, -0.2) is 0 Å². The summed E-state index contributed by atoms with van der Waals surface area (Å²) in [5, 5.41) is 0.670. The third kappa shape index (κ3) is 4.19. The van der Waals surface area contributed by atoms with Gasteiger partial charge in [0.1, 0.15) is 5.70 Å². The van der Waals surface area contributed by atoms with E-state index in [0.29, 0.717) is 42.3 Å². The minimum atomic E-state index is -0.216. The van der Waals surface area contributed by atoms with Gasteiger partial charge < -0.3 is 4.90 Å². The van der Waals surface area contributed by atoms with E-state index in [4.69, 9.17) is 11.6 Å². The van der Waals surface area contributed by atoms with Gasteiger partial charge in [0.25, 0.3) is 11.8 Å². The van der Waals surface area contributed by atoms with Crippen molar-refractivity contribution in [2.75, 3.05) is 13.1 Å². The van der Waals surface area contributed by atoms with Gasteiger partial charge in [-0.2, -0.15) is 0 Å². The van der Waals surface area contributed by atoms with Crippen molar-refractivity contribution in [2.24, 2.45) is 0 Å². The summed E-state index contributed by atoms with van der Waals surface area (Å²) in [5.41, 5.74) is 6.50. The van der Waals surface area contributed by atoms with Crippen molar-refractivity contribution in [3.8, 4) is 0 Å². The van der Waals surface area contributed by atoms with E-state index in [9.17, 15) is 9.59 Å². The molecule has 2 heterocycles. The van der Waals surface area contributed by atoms with Gasteiger partial charge in [0.05, 0.1) is 5.57 Å². The first kappa shape index (κ1) is 21.5. The zero-order chi connectivity index (χ0) is 22.9. The number of amides is 2. The second kappa shape index (κ2) is 8.87. The Bertz CT molecular complexity index is 1250. The molecule has 2 aliphatic heterocycles. The minimum Gasteiger partial charge on any atom is -0.362 e. The monoisotopic (exact) mass is 456 g/mol. The smallest absolute Gasteiger partial charge is 0.277 e. The van der Waals surface area contributed by atoms with Gasteiger partial charge in [0, 0.05) is 24.7 Å². The average Bonchev–Trinajstić information content (AvgIpc) is 3.08. The number of fused-ring (bicyclic) bond motifs is 1. The molecule has 5 rings (SSSR count). The molecule has 33 heavy (non-hydrogen) atoms. The van der Waals surface area contributed by atoms with E-state index in [1.807, 2.05) is 67.6 Å². The molecule has 166 valence electrons. The number of hydrogen-bond donors (Lipinski definition) is 0. The fourth-order valence-corrected chi connectivity index (χ4v) is 4.74. The Morgan fingerprint density at radius 1 is 0.848 bits per heavy atom. The SMILES string of the molecule is Cc1ccc(C2=C(N3CCc4ccccc4C3)C(=O)N(CCc3ccc(Cl)cc3)C2=O)cc1. The molecule has 0 saturated heterocycles. The van der Waals surface area contributed by atoms with Crippen molar-refractivity contribution in [2.45, 2.75) is 26.3 Å². The van der Waals surface area contributed by atoms with Crippen molar-refractivity contribution in [3.05, 3.63) is 111 Å². The molecule has 0 bridgehead atoms. The predicted octanol–water partition coefficient (Wildman–Crippen LogP) is 5.03. The van der Waals surface area contributed by atoms with Crippen LogP contribution >= 0.6 is 11.6 Å². The van der Waals surface area contributed by atoms with E-state index < -0.39 is 0 Å². The summed E-state index contributed by atoms with van der Waals surface area (Å²) in [4.78, 5) is 30.7. The Morgan fingerprint density at radius 2 is 1.55 bits per heavy atom. The summed E-state index contributed by atoms with van der Waals surface area (Å²) in [6, 6.07) is 23.7. The topological polar surface area (TPSA) is 40.6 Å². The van der Waals surface area contributed by atoms with Crippen molar-refractivity contribution in [1.82, 2.24) is 9.80 Å².